The van der Waals surface area contributed by atoms with E-state index in [1.165, 1.54) is 6.33 Å². The van der Waals surface area contributed by atoms with Crippen molar-refractivity contribution >= 4 is 11.6 Å². The number of aromatic nitrogens is 2. The van der Waals surface area contributed by atoms with Gasteiger partial charge in [-0.15, -0.1) is 0 Å². The second-order valence-electron chi connectivity index (χ2n) is 5.55. The monoisotopic (exact) mass is 283 g/mol. The highest BCUT2D eigenvalue weighted by atomic mass is 16.6. The van der Waals surface area contributed by atoms with Crippen molar-refractivity contribution in [3.8, 4) is 0 Å². The number of ether oxygens (including phenoxy) is 1. The van der Waals surface area contributed by atoms with Crippen molar-refractivity contribution in [3.63, 3.8) is 0 Å². The number of rotatable bonds is 5. The summed E-state index contributed by atoms with van der Waals surface area (Å²) in [6.45, 7) is 8.06. The lowest BCUT2D eigenvalue weighted by Gasteiger charge is -2.40. The summed E-state index contributed by atoms with van der Waals surface area (Å²) in [5.41, 5.74) is -0.109. The maximum atomic E-state index is 10.9. The summed E-state index contributed by atoms with van der Waals surface area (Å²) in [6.07, 6.45) is 1.45. The third kappa shape index (κ3) is 3.07. The number of aryl methyl sites for hydroxylation is 1. The van der Waals surface area contributed by atoms with Crippen LogP contribution in [-0.4, -0.2) is 57.8 Å². The van der Waals surface area contributed by atoms with Crippen molar-refractivity contribution in [2.75, 3.05) is 38.2 Å². The van der Waals surface area contributed by atoms with Crippen LogP contribution in [0.2, 0.25) is 0 Å². The molecule has 1 N–H and O–H groups in total. The van der Waals surface area contributed by atoms with Crippen molar-refractivity contribution in [1.29, 1.82) is 0 Å². The van der Waals surface area contributed by atoms with Crippen LogP contribution in [0, 0.1) is 10.1 Å². The van der Waals surface area contributed by atoms with Gasteiger partial charge in [-0.3, -0.25) is 9.47 Å². The second kappa shape index (κ2) is 5.76. The molecule has 0 bridgehead atoms. The first-order valence-electron chi connectivity index (χ1n) is 6.64. The third-order valence-corrected chi connectivity index (χ3v) is 3.65. The quantitative estimate of drug-likeness (QED) is 0.637. The maximum Gasteiger partial charge on any atom is 0.406 e. The van der Waals surface area contributed by atoms with Gasteiger partial charge in [0.15, 0.2) is 0 Å². The molecule has 1 aromatic heterocycles. The molecule has 0 aliphatic carbocycles. The van der Waals surface area contributed by atoms with Crippen molar-refractivity contribution in [2.45, 2.75) is 19.4 Å². The summed E-state index contributed by atoms with van der Waals surface area (Å²) in [5.74, 6) is 0.307. The van der Waals surface area contributed by atoms with Crippen LogP contribution in [0.4, 0.5) is 11.6 Å². The van der Waals surface area contributed by atoms with Gasteiger partial charge in [-0.25, -0.2) is 0 Å². The molecule has 2 heterocycles. The number of morpholine rings is 1. The topological polar surface area (TPSA) is 85.5 Å². The minimum absolute atomic E-state index is 0.109. The van der Waals surface area contributed by atoms with E-state index in [2.05, 4.69) is 29.0 Å². The highest BCUT2D eigenvalue weighted by Gasteiger charge is 2.29. The number of nitrogens with zero attached hydrogens (tertiary/aromatic N) is 4. The molecule has 1 aromatic rings. The molecule has 8 heteroatoms. The van der Waals surface area contributed by atoms with Gasteiger partial charge in [-0.1, -0.05) is 0 Å². The standard InChI is InChI=1S/C12H21N5O3/c1-12(2,16-4-6-20-7-5-16)8-13-10-11(17(18)19)14-9-15(10)3/h9,13H,4-8H2,1-3H3. The minimum Gasteiger partial charge on any atom is -0.379 e. The zero-order valence-electron chi connectivity index (χ0n) is 12.1. The Balaban J connectivity index is 2.03. The normalized spacial score (nSPS) is 17.1. The summed E-state index contributed by atoms with van der Waals surface area (Å²) < 4.78 is 6.98. The number of anilines is 1. The van der Waals surface area contributed by atoms with E-state index >= 15 is 0 Å². The molecule has 2 rings (SSSR count). The first kappa shape index (κ1) is 14.7. The number of nitro groups is 1. The van der Waals surface area contributed by atoms with Gasteiger partial charge < -0.3 is 20.2 Å². The molecule has 0 radical (unpaired) electrons. The summed E-state index contributed by atoms with van der Waals surface area (Å²) in [7, 11) is 1.74. The Labute approximate surface area is 117 Å². The van der Waals surface area contributed by atoms with Crippen molar-refractivity contribution < 1.29 is 9.66 Å². The van der Waals surface area contributed by atoms with E-state index in [9.17, 15) is 10.1 Å². The molecule has 0 saturated carbocycles. The number of hydrogen-bond donors (Lipinski definition) is 1. The number of imidazole rings is 1. The van der Waals surface area contributed by atoms with E-state index in [1.807, 2.05) is 0 Å². The molecular weight excluding hydrogens is 262 g/mol. The van der Waals surface area contributed by atoms with E-state index in [0.717, 1.165) is 26.3 Å². The molecule has 20 heavy (non-hydrogen) atoms. The Morgan fingerprint density at radius 3 is 2.75 bits per heavy atom. The SMILES string of the molecule is Cn1cnc([N+](=O)[O-])c1NCC(C)(C)N1CCOCC1. The van der Waals surface area contributed by atoms with Gasteiger partial charge in [0.2, 0.25) is 12.1 Å². The number of nitrogens with one attached hydrogen (secondary N) is 1. The largest absolute Gasteiger partial charge is 0.406 e. The van der Waals surface area contributed by atoms with E-state index in [-0.39, 0.29) is 11.4 Å². The van der Waals surface area contributed by atoms with Gasteiger partial charge >= 0.3 is 5.82 Å². The molecule has 0 spiro atoms. The minimum atomic E-state index is -0.468. The fourth-order valence-electron chi connectivity index (χ4n) is 2.34. The Morgan fingerprint density at radius 1 is 1.50 bits per heavy atom. The van der Waals surface area contributed by atoms with Gasteiger partial charge in [-0.2, -0.15) is 0 Å². The van der Waals surface area contributed by atoms with Gasteiger partial charge in [0.1, 0.15) is 0 Å². The van der Waals surface area contributed by atoms with Crippen LogP contribution in [-0.2, 0) is 11.8 Å². The third-order valence-electron chi connectivity index (χ3n) is 3.65. The van der Waals surface area contributed by atoms with E-state index < -0.39 is 4.92 Å². The molecule has 1 aliphatic heterocycles. The van der Waals surface area contributed by atoms with Crippen LogP contribution in [0.15, 0.2) is 6.33 Å². The zero-order valence-corrected chi connectivity index (χ0v) is 12.1. The van der Waals surface area contributed by atoms with Gasteiger partial charge in [0.05, 0.1) is 13.2 Å². The van der Waals surface area contributed by atoms with E-state index in [4.69, 9.17) is 4.74 Å². The summed E-state index contributed by atoms with van der Waals surface area (Å²) >= 11 is 0. The molecule has 1 aliphatic rings. The van der Waals surface area contributed by atoms with E-state index in [0.29, 0.717) is 12.4 Å². The average molecular weight is 283 g/mol. The van der Waals surface area contributed by atoms with Gasteiger partial charge in [0.25, 0.3) is 0 Å². The molecule has 8 nitrogen and oxygen atoms in total. The highest BCUT2D eigenvalue weighted by Crippen LogP contribution is 2.23. The summed E-state index contributed by atoms with van der Waals surface area (Å²) in [5, 5.41) is 14.1. The van der Waals surface area contributed by atoms with Gasteiger partial charge in [0, 0.05) is 32.2 Å². The fraction of sp³-hybridized carbons (Fsp3) is 0.750. The second-order valence-corrected chi connectivity index (χ2v) is 5.55. The molecule has 0 aromatic carbocycles. The van der Waals surface area contributed by atoms with Crippen molar-refractivity contribution in [2.24, 2.45) is 7.05 Å². The predicted molar refractivity (Wildman–Crippen MR) is 74.8 cm³/mol. The summed E-state index contributed by atoms with van der Waals surface area (Å²) in [6, 6.07) is 0. The fourth-order valence-corrected chi connectivity index (χ4v) is 2.34. The molecule has 1 saturated heterocycles. The van der Waals surface area contributed by atoms with E-state index in [1.54, 1.807) is 11.6 Å². The molecule has 0 atom stereocenters. The van der Waals surface area contributed by atoms with Crippen LogP contribution in [0.1, 0.15) is 13.8 Å². The Hall–Kier alpha value is -1.67. The van der Waals surface area contributed by atoms with Crippen molar-refractivity contribution in [3.05, 3.63) is 16.4 Å². The molecule has 0 unspecified atom stereocenters. The molecule has 1 fully saturated rings. The van der Waals surface area contributed by atoms with Crippen LogP contribution >= 0.6 is 0 Å². The Kier molecular flexibility index (Phi) is 4.24. The summed E-state index contributed by atoms with van der Waals surface area (Å²) in [4.78, 5) is 16.6. The average Bonchev–Trinajstić information content (AvgIpc) is 2.79. The Morgan fingerprint density at radius 2 is 2.15 bits per heavy atom. The van der Waals surface area contributed by atoms with Crippen LogP contribution in [0.25, 0.3) is 0 Å². The highest BCUT2D eigenvalue weighted by molar-refractivity contribution is 5.52. The zero-order chi connectivity index (χ0) is 14.8. The van der Waals surface area contributed by atoms with Crippen LogP contribution in [0.5, 0.6) is 0 Å². The van der Waals surface area contributed by atoms with Crippen molar-refractivity contribution in [1.82, 2.24) is 14.5 Å². The maximum absolute atomic E-state index is 10.9. The van der Waals surface area contributed by atoms with Crippen LogP contribution < -0.4 is 5.32 Å². The molecule has 0 amide bonds. The smallest absolute Gasteiger partial charge is 0.379 e. The first-order chi connectivity index (χ1) is 9.42. The molecule has 112 valence electrons. The lowest BCUT2D eigenvalue weighted by molar-refractivity contribution is -0.388. The lowest BCUT2D eigenvalue weighted by atomic mass is 10.0. The number of hydrogen-bond acceptors (Lipinski definition) is 6. The Bertz CT molecular complexity index is 479. The van der Waals surface area contributed by atoms with Gasteiger partial charge in [-0.05, 0) is 23.8 Å². The molecular formula is C12H21N5O3. The lowest BCUT2D eigenvalue weighted by Crippen LogP contribution is -2.53. The predicted octanol–water partition coefficient (Wildman–Crippen LogP) is 0.851. The first-order valence-corrected chi connectivity index (χ1v) is 6.64. The van der Waals surface area contributed by atoms with Crippen LogP contribution in [0.3, 0.4) is 0 Å².